The predicted octanol–water partition coefficient (Wildman–Crippen LogP) is 5.26. The Morgan fingerprint density at radius 2 is 0.647 bits per heavy atom. The van der Waals surface area contributed by atoms with E-state index < -0.39 is 73.0 Å². The molecule has 1 aliphatic carbocycles. The van der Waals surface area contributed by atoms with E-state index in [0.717, 1.165) is 0 Å². The molecule has 0 bridgehead atoms. The normalized spacial score (nSPS) is 28.9. The third-order valence-electron chi connectivity index (χ3n) is 5.66. The fourth-order valence-corrected chi connectivity index (χ4v) is 3.94. The number of rotatable bonds is 10. The second kappa shape index (κ2) is 9.71. The first-order valence-corrected chi connectivity index (χ1v) is 10.8. The molecule has 4 nitrogen and oxygen atoms in total. The van der Waals surface area contributed by atoms with Crippen LogP contribution in [0.1, 0.15) is 53.4 Å². The molecule has 200 valence electrons. The zero-order chi connectivity index (χ0) is 27.0. The zero-order valence-corrected chi connectivity index (χ0v) is 19.1. The number of alkyl halides is 10. The summed E-state index contributed by atoms with van der Waals surface area (Å²) < 4.78 is 150. The van der Waals surface area contributed by atoms with Crippen LogP contribution >= 0.6 is 0 Å². The topological polar surface area (TPSA) is 40.6 Å². The van der Waals surface area contributed by atoms with Crippen LogP contribution in [0.4, 0.5) is 43.9 Å². The predicted molar refractivity (Wildman–Crippen MR) is 102 cm³/mol. The molecular formula is C20H28F10N2O2. The van der Waals surface area contributed by atoms with Crippen molar-refractivity contribution in [2.45, 2.75) is 88.4 Å². The average molecular weight is 518 g/mol. The highest BCUT2D eigenvalue weighted by molar-refractivity contribution is 5.93. The molecular weight excluding hydrogens is 490 g/mol. The van der Waals surface area contributed by atoms with E-state index in [-0.39, 0.29) is 35.5 Å². The van der Waals surface area contributed by atoms with Gasteiger partial charge < -0.3 is 9.80 Å². The summed E-state index contributed by atoms with van der Waals surface area (Å²) in [6, 6.07) is 0. The molecule has 1 fully saturated rings. The lowest BCUT2D eigenvalue weighted by molar-refractivity contribution is -0.442. The van der Waals surface area contributed by atoms with Gasteiger partial charge in [0.15, 0.2) is 0 Å². The summed E-state index contributed by atoms with van der Waals surface area (Å²) in [6.45, 7) is 2.35. The van der Waals surface area contributed by atoms with Gasteiger partial charge in [-0.15, -0.1) is 0 Å². The van der Waals surface area contributed by atoms with Crippen LogP contribution < -0.4 is 0 Å². The minimum atomic E-state index is -7.03. The van der Waals surface area contributed by atoms with E-state index in [1.54, 1.807) is 0 Å². The smallest absolute Gasteiger partial charge is 0.340 e. The van der Waals surface area contributed by atoms with E-state index in [0.29, 0.717) is 0 Å². The summed E-state index contributed by atoms with van der Waals surface area (Å²) in [6.07, 6.45) is -0.610. The maximum absolute atomic E-state index is 15.4. The highest BCUT2D eigenvalue weighted by atomic mass is 19.4. The van der Waals surface area contributed by atoms with Crippen molar-refractivity contribution >= 4 is 11.8 Å². The molecule has 0 aromatic rings. The number of hydrogen-bond donors (Lipinski definition) is 0. The number of hydrogen-bond acceptors (Lipinski definition) is 2. The fourth-order valence-electron chi connectivity index (χ4n) is 3.94. The van der Waals surface area contributed by atoms with E-state index >= 15 is 8.78 Å². The number of nitrogens with zero attached hydrogens (tertiary/aromatic N) is 2. The summed E-state index contributed by atoms with van der Waals surface area (Å²) in [4.78, 5) is 24.8. The average Bonchev–Trinajstić information content (AvgIpc) is 2.75. The first kappa shape index (κ1) is 30.3. The Bertz CT molecular complexity index is 658. The Balaban J connectivity index is 3.94. The standard InChI is InChI=1S/C20H28F10N2O2/c1-5-9-31(10-6-2)13(33)15(21)17(23,24)19(27,28)16(22,20(29,30)18(15,25)26)14(34)32(11-7-3)12-8-4/h5-12H2,1-4H3. The van der Waals surface area contributed by atoms with Gasteiger partial charge >= 0.3 is 35.0 Å². The van der Waals surface area contributed by atoms with Gasteiger partial charge in [0.25, 0.3) is 11.8 Å². The summed E-state index contributed by atoms with van der Waals surface area (Å²) in [5.74, 6) is -34.2. The van der Waals surface area contributed by atoms with Crippen molar-refractivity contribution in [3.05, 3.63) is 0 Å². The lowest BCUT2D eigenvalue weighted by atomic mass is 9.65. The van der Waals surface area contributed by atoms with Gasteiger partial charge in [-0.1, -0.05) is 27.7 Å². The number of halogens is 10. The fraction of sp³-hybridized carbons (Fsp3) is 0.900. The van der Waals surface area contributed by atoms with Crippen LogP contribution in [-0.4, -0.2) is 82.8 Å². The third kappa shape index (κ3) is 3.64. The van der Waals surface area contributed by atoms with Crippen molar-refractivity contribution in [2.24, 2.45) is 0 Å². The van der Waals surface area contributed by atoms with Crippen LogP contribution in [0.3, 0.4) is 0 Å². The van der Waals surface area contributed by atoms with Crippen LogP contribution in [0.2, 0.25) is 0 Å². The first-order valence-electron chi connectivity index (χ1n) is 10.8. The molecule has 2 amide bonds. The second-order valence-corrected chi connectivity index (χ2v) is 8.20. The molecule has 1 saturated carbocycles. The van der Waals surface area contributed by atoms with Gasteiger partial charge in [-0.3, -0.25) is 9.59 Å². The van der Waals surface area contributed by atoms with Gasteiger partial charge in [0.05, 0.1) is 0 Å². The van der Waals surface area contributed by atoms with Crippen molar-refractivity contribution in [3.63, 3.8) is 0 Å². The molecule has 0 radical (unpaired) electrons. The van der Waals surface area contributed by atoms with Crippen molar-refractivity contribution in [2.75, 3.05) is 26.2 Å². The van der Waals surface area contributed by atoms with Crippen molar-refractivity contribution < 1.29 is 53.5 Å². The molecule has 0 aliphatic heterocycles. The summed E-state index contributed by atoms with van der Waals surface area (Å²) >= 11 is 0. The van der Waals surface area contributed by atoms with E-state index in [2.05, 4.69) is 0 Å². The molecule has 0 aromatic heterocycles. The number of carbonyl (C=O) groups excluding carboxylic acids is 2. The van der Waals surface area contributed by atoms with Crippen molar-refractivity contribution in [1.82, 2.24) is 9.80 Å². The largest absolute Gasteiger partial charge is 0.362 e. The first-order chi connectivity index (χ1) is 15.4. The Kier molecular flexibility index (Phi) is 8.65. The van der Waals surface area contributed by atoms with Gasteiger partial charge in [0, 0.05) is 26.2 Å². The lowest BCUT2D eigenvalue weighted by Gasteiger charge is -2.55. The van der Waals surface area contributed by atoms with Crippen LogP contribution in [0.5, 0.6) is 0 Å². The molecule has 0 N–H and O–H groups in total. The monoisotopic (exact) mass is 518 g/mol. The maximum atomic E-state index is 15.4. The zero-order valence-electron chi connectivity index (χ0n) is 19.1. The molecule has 34 heavy (non-hydrogen) atoms. The van der Waals surface area contributed by atoms with Gasteiger partial charge in [-0.05, 0) is 25.7 Å². The summed E-state index contributed by atoms with van der Waals surface area (Å²) in [7, 11) is 0. The van der Waals surface area contributed by atoms with E-state index in [4.69, 9.17) is 0 Å². The number of carbonyl (C=O) groups is 2. The molecule has 1 aliphatic rings. The highest BCUT2D eigenvalue weighted by Crippen LogP contribution is 2.69. The van der Waals surface area contributed by atoms with Gasteiger partial charge in [0.2, 0.25) is 0 Å². The Morgan fingerprint density at radius 1 is 0.471 bits per heavy atom. The minimum Gasteiger partial charge on any atom is -0.340 e. The van der Waals surface area contributed by atoms with Crippen molar-refractivity contribution in [3.8, 4) is 0 Å². The summed E-state index contributed by atoms with van der Waals surface area (Å²) in [5.41, 5.74) is -13.1. The molecule has 0 heterocycles. The maximum Gasteiger partial charge on any atom is 0.362 e. The molecule has 0 atom stereocenters. The van der Waals surface area contributed by atoms with Gasteiger partial charge in [-0.25, -0.2) is 8.78 Å². The SMILES string of the molecule is CCCN(CCC)C(=O)C1(F)C(F)(F)C(F)(F)C(F)(C(=O)N(CCC)CCC)C(F)(F)C1(F)F. The third-order valence-corrected chi connectivity index (χ3v) is 5.66. The summed E-state index contributed by atoms with van der Waals surface area (Å²) in [5, 5.41) is 0. The molecule has 0 spiro atoms. The number of amides is 2. The Labute approximate surface area is 190 Å². The quantitative estimate of drug-likeness (QED) is 0.371. The molecule has 0 aromatic carbocycles. The molecule has 0 saturated heterocycles. The lowest BCUT2D eigenvalue weighted by Crippen LogP contribution is -2.89. The van der Waals surface area contributed by atoms with E-state index in [1.807, 2.05) is 0 Å². The minimum absolute atomic E-state index is 0.0263. The molecule has 0 unspecified atom stereocenters. The molecule has 1 rings (SSSR count). The molecule has 14 heteroatoms. The van der Waals surface area contributed by atoms with Crippen molar-refractivity contribution in [1.29, 1.82) is 0 Å². The van der Waals surface area contributed by atoms with Gasteiger partial charge in [0.1, 0.15) is 0 Å². The van der Waals surface area contributed by atoms with Crippen LogP contribution in [-0.2, 0) is 9.59 Å². The van der Waals surface area contributed by atoms with Crippen LogP contribution in [0.25, 0.3) is 0 Å². The highest BCUT2D eigenvalue weighted by Gasteiger charge is 3.03. The van der Waals surface area contributed by atoms with Crippen LogP contribution in [0.15, 0.2) is 0 Å². The van der Waals surface area contributed by atoms with E-state index in [9.17, 15) is 44.7 Å². The van der Waals surface area contributed by atoms with Gasteiger partial charge in [-0.2, -0.15) is 35.1 Å². The second-order valence-electron chi connectivity index (χ2n) is 8.20. The Hall–Kier alpha value is -1.76. The van der Waals surface area contributed by atoms with E-state index in [1.165, 1.54) is 27.7 Å². The Morgan fingerprint density at radius 3 is 0.794 bits per heavy atom. The van der Waals surface area contributed by atoms with Crippen LogP contribution in [0, 0.1) is 0 Å².